The highest BCUT2D eigenvalue weighted by atomic mass is 16.1. The van der Waals surface area contributed by atoms with Gasteiger partial charge in [-0.05, 0) is 44.2 Å². The Morgan fingerprint density at radius 3 is 2.17 bits per heavy atom. The van der Waals surface area contributed by atoms with Gasteiger partial charge < -0.3 is 5.73 Å². The zero-order valence-corrected chi connectivity index (χ0v) is 18.9. The van der Waals surface area contributed by atoms with E-state index < -0.39 is 0 Å². The van der Waals surface area contributed by atoms with Crippen molar-refractivity contribution in [2.24, 2.45) is 0 Å². The smallest absolute Gasteiger partial charge is 0.166 e. The summed E-state index contributed by atoms with van der Waals surface area (Å²) < 4.78 is 0. The Hall–Kier alpha value is -2.16. The van der Waals surface area contributed by atoms with Crippen molar-refractivity contribution in [1.82, 2.24) is 4.98 Å². The van der Waals surface area contributed by atoms with Gasteiger partial charge in [-0.1, -0.05) is 88.6 Å². The molecule has 0 unspecified atom stereocenters. The van der Waals surface area contributed by atoms with Crippen LogP contribution < -0.4 is 5.73 Å². The molecule has 2 rings (SSSR count). The largest absolute Gasteiger partial charge is 0.383 e. The number of carbonyl (C=O) groups is 1. The predicted octanol–water partition coefficient (Wildman–Crippen LogP) is 8.04. The highest BCUT2D eigenvalue weighted by Crippen LogP contribution is 2.20. The van der Waals surface area contributed by atoms with Crippen molar-refractivity contribution < 1.29 is 4.79 Å². The number of nitrogen functional groups attached to an aromatic ring is 1. The quantitative estimate of drug-likeness (QED) is 0.174. The lowest BCUT2D eigenvalue weighted by molar-refractivity contribution is 0.0980. The van der Waals surface area contributed by atoms with E-state index in [-0.39, 0.29) is 5.78 Å². The molecule has 2 aromatic rings. The third kappa shape index (κ3) is 9.11. The van der Waals surface area contributed by atoms with E-state index in [2.05, 4.69) is 24.1 Å². The van der Waals surface area contributed by atoms with Gasteiger partial charge in [0.2, 0.25) is 0 Å². The number of para-hydroxylation sites is 1. The molecule has 0 aliphatic carbocycles. The molecule has 0 fully saturated rings. The number of nitrogens with zero attached hydrogens (tertiary/aromatic N) is 1. The number of carbonyl (C=O) groups excluding carboxylic acids is 1. The molecule has 0 saturated carbocycles. The highest BCUT2D eigenvalue weighted by Gasteiger charge is 2.12. The number of pyridine rings is 1. The van der Waals surface area contributed by atoms with Crippen molar-refractivity contribution in [3.63, 3.8) is 0 Å². The van der Waals surface area contributed by atoms with E-state index in [0.717, 1.165) is 23.7 Å². The number of anilines is 1. The van der Waals surface area contributed by atoms with Gasteiger partial charge in [0.05, 0.1) is 11.1 Å². The molecule has 3 nitrogen and oxygen atoms in total. The number of ketones is 1. The van der Waals surface area contributed by atoms with Crippen LogP contribution in [-0.4, -0.2) is 10.8 Å². The Morgan fingerprint density at radius 1 is 0.867 bits per heavy atom. The van der Waals surface area contributed by atoms with Gasteiger partial charge in [-0.2, -0.15) is 0 Å². The molecule has 0 aliphatic heterocycles. The van der Waals surface area contributed by atoms with Crippen molar-refractivity contribution in [2.75, 3.05) is 5.73 Å². The number of rotatable bonds is 16. The minimum Gasteiger partial charge on any atom is -0.383 e. The monoisotopic (exact) mass is 408 g/mol. The maximum Gasteiger partial charge on any atom is 0.166 e. The molecule has 1 aromatic carbocycles. The summed E-state index contributed by atoms with van der Waals surface area (Å²) in [6, 6.07) is 9.67. The van der Waals surface area contributed by atoms with Crippen LogP contribution in [0.15, 0.2) is 42.5 Å². The fourth-order valence-corrected chi connectivity index (χ4v) is 3.85. The Bertz CT molecular complexity index is 782. The number of unbranched alkanes of at least 4 members (excludes halogenated alkanes) is 11. The summed E-state index contributed by atoms with van der Waals surface area (Å²) in [5.74, 6) is 0.467. The molecule has 0 amide bonds. The van der Waals surface area contributed by atoms with E-state index in [1.807, 2.05) is 30.3 Å². The number of nitrogens with two attached hydrogens (primary N) is 1. The number of aromatic nitrogens is 1. The molecule has 0 aliphatic rings. The molecule has 0 spiro atoms. The van der Waals surface area contributed by atoms with E-state index in [1.165, 1.54) is 70.6 Å². The Kier molecular flexibility index (Phi) is 11.9. The van der Waals surface area contributed by atoms with Crippen LogP contribution in [0.4, 0.5) is 5.82 Å². The second kappa shape index (κ2) is 14.8. The van der Waals surface area contributed by atoms with Gasteiger partial charge in [0.1, 0.15) is 5.82 Å². The molecule has 0 saturated heterocycles. The number of Topliss-reactive ketones (excluding diaryl/α,β-unsaturated/α-hetero) is 1. The molecule has 1 heterocycles. The zero-order chi connectivity index (χ0) is 21.4. The van der Waals surface area contributed by atoms with Crippen molar-refractivity contribution in [3.8, 4) is 0 Å². The van der Waals surface area contributed by atoms with E-state index >= 15 is 0 Å². The lowest BCUT2D eigenvalue weighted by Crippen LogP contribution is -2.06. The summed E-state index contributed by atoms with van der Waals surface area (Å²) in [6.07, 6.45) is 21.7. The van der Waals surface area contributed by atoms with E-state index in [4.69, 9.17) is 5.73 Å². The third-order valence-corrected chi connectivity index (χ3v) is 5.72. The summed E-state index contributed by atoms with van der Waals surface area (Å²) in [7, 11) is 0. The van der Waals surface area contributed by atoms with Crippen LogP contribution in [0.2, 0.25) is 0 Å². The summed E-state index contributed by atoms with van der Waals surface area (Å²) in [4.78, 5) is 16.9. The van der Waals surface area contributed by atoms with Crippen LogP contribution in [-0.2, 0) is 0 Å². The van der Waals surface area contributed by atoms with Crippen molar-refractivity contribution in [3.05, 3.63) is 48.0 Å². The van der Waals surface area contributed by atoms with Crippen LogP contribution in [0.25, 0.3) is 10.9 Å². The predicted molar refractivity (Wildman–Crippen MR) is 130 cm³/mol. The average Bonchev–Trinajstić information content (AvgIpc) is 2.75. The Balaban J connectivity index is 1.50. The molecule has 164 valence electrons. The fourth-order valence-electron chi connectivity index (χ4n) is 3.85. The second-order valence-corrected chi connectivity index (χ2v) is 8.37. The van der Waals surface area contributed by atoms with Gasteiger partial charge >= 0.3 is 0 Å². The number of hydrogen-bond donors (Lipinski definition) is 1. The summed E-state index contributed by atoms with van der Waals surface area (Å²) in [5.41, 5.74) is 7.42. The maximum atomic E-state index is 12.5. The van der Waals surface area contributed by atoms with Gasteiger partial charge in [-0.15, -0.1) is 0 Å². The first kappa shape index (κ1) is 24.1. The minimum atomic E-state index is 0.114. The summed E-state index contributed by atoms with van der Waals surface area (Å²) in [5, 5.41) is 0.972. The number of benzene rings is 1. The first-order valence-electron chi connectivity index (χ1n) is 12.1. The highest BCUT2D eigenvalue weighted by molar-refractivity contribution is 6.03. The van der Waals surface area contributed by atoms with E-state index in [1.54, 1.807) is 0 Å². The Labute approximate surface area is 183 Å². The summed E-state index contributed by atoms with van der Waals surface area (Å²) >= 11 is 0. The first-order valence-corrected chi connectivity index (χ1v) is 12.1. The van der Waals surface area contributed by atoms with Crippen LogP contribution >= 0.6 is 0 Å². The molecule has 0 bridgehead atoms. The third-order valence-electron chi connectivity index (χ3n) is 5.72. The molecular formula is C27H40N2O. The number of fused-ring (bicyclic) bond motifs is 1. The molecule has 0 atom stereocenters. The van der Waals surface area contributed by atoms with Crippen molar-refractivity contribution >= 4 is 22.5 Å². The van der Waals surface area contributed by atoms with Gasteiger partial charge in [-0.3, -0.25) is 4.79 Å². The maximum absolute atomic E-state index is 12.5. The standard InChI is InChI=1S/C27H40N2O/c1-2-3-4-5-6-7-8-9-10-11-12-13-14-15-16-21-26(30)24-22-23-19-17-18-20-25(23)29-27(24)28/h9-10,17-20,22H,2-8,11-16,21H2,1H3,(H2,28,29). The van der Waals surface area contributed by atoms with Crippen LogP contribution in [0.1, 0.15) is 107 Å². The number of allylic oxidation sites excluding steroid dienone is 2. The van der Waals surface area contributed by atoms with Crippen LogP contribution in [0.5, 0.6) is 0 Å². The molecular weight excluding hydrogens is 368 g/mol. The number of hydrogen-bond acceptors (Lipinski definition) is 3. The molecule has 3 heteroatoms. The first-order chi connectivity index (χ1) is 14.7. The van der Waals surface area contributed by atoms with E-state index in [0.29, 0.717) is 17.8 Å². The van der Waals surface area contributed by atoms with Gasteiger partial charge in [-0.25, -0.2) is 4.98 Å². The second-order valence-electron chi connectivity index (χ2n) is 8.37. The molecule has 1 aromatic heterocycles. The lowest BCUT2D eigenvalue weighted by Gasteiger charge is -2.06. The summed E-state index contributed by atoms with van der Waals surface area (Å²) in [6.45, 7) is 2.27. The average molecular weight is 409 g/mol. The molecule has 30 heavy (non-hydrogen) atoms. The lowest BCUT2D eigenvalue weighted by atomic mass is 10.0. The fraction of sp³-hybridized carbons (Fsp3) is 0.556. The SMILES string of the molecule is CCCCCCCCC=CCCCCCCCC(=O)c1cc2ccccc2nc1N. The van der Waals surface area contributed by atoms with Gasteiger partial charge in [0.15, 0.2) is 5.78 Å². The van der Waals surface area contributed by atoms with E-state index in [9.17, 15) is 4.79 Å². The van der Waals surface area contributed by atoms with Gasteiger partial charge in [0, 0.05) is 11.8 Å². The van der Waals surface area contributed by atoms with Gasteiger partial charge in [0.25, 0.3) is 0 Å². The minimum absolute atomic E-state index is 0.114. The molecule has 2 N–H and O–H groups in total. The van der Waals surface area contributed by atoms with Crippen LogP contribution in [0.3, 0.4) is 0 Å². The van der Waals surface area contributed by atoms with Crippen LogP contribution in [0, 0.1) is 0 Å². The van der Waals surface area contributed by atoms with Crippen molar-refractivity contribution in [2.45, 2.75) is 96.8 Å². The van der Waals surface area contributed by atoms with Crippen molar-refractivity contribution in [1.29, 1.82) is 0 Å². The zero-order valence-electron chi connectivity index (χ0n) is 18.9. The topological polar surface area (TPSA) is 56.0 Å². The normalized spacial score (nSPS) is 11.5. The Morgan fingerprint density at radius 2 is 1.47 bits per heavy atom. The molecule has 0 radical (unpaired) electrons.